The van der Waals surface area contributed by atoms with Crippen LogP contribution in [0.4, 0.5) is 5.69 Å². The molecule has 0 heterocycles. The second-order valence-corrected chi connectivity index (χ2v) is 7.24. The number of hydrogen-bond acceptors (Lipinski definition) is 4. The Hall–Kier alpha value is -0.530. The van der Waals surface area contributed by atoms with Crippen molar-refractivity contribution in [2.24, 2.45) is 0 Å². The van der Waals surface area contributed by atoms with Gasteiger partial charge in [0.1, 0.15) is 4.90 Å². The zero-order valence-electron chi connectivity index (χ0n) is 11.5. The smallest absolute Gasteiger partial charge is 0.243 e. The lowest BCUT2D eigenvalue weighted by Gasteiger charge is -2.12. The summed E-state index contributed by atoms with van der Waals surface area (Å²) in [5.41, 5.74) is 5.87. The SMILES string of the molecule is CN(C)CCCCNS(=O)(=O)c1c(Cl)cc(N)cc1Cl. The lowest BCUT2D eigenvalue weighted by molar-refractivity contribution is 0.394. The van der Waals surface area contributed by atoms with Crippen LogP contribution in [-0.2, 0) is 10.0 Å². The average Bonchev–Trinajstić information content (AvgIpc) is 2.25. The molecule has 0 aliphatic heterocycles. The Morgan fingerprint density at radius 1 is 1.20 bits per heavy atom. The van der Waals surface area contributed by atoms with Crippen LogP contribution in [0.1, 0.15) is 12.8 Å². The Labute approximate surface area is 130 Å². The predicted molar refractivity (Wildman–Crippen MR) is 83.9 cm³/mol. The Kier molecular flexibility index (Phi) is 6.54. The van der Waals surface area contributed by atoms with Crippen LogP contribution in [0.2, 0.25) is 10.0 Å². The fourth-order valence-electron chi connectivity index (χ4n) is 1.67. The van der Waals surface area contributed by atoms with Crippen LogP contribution in [-0.4, -0.2) is 40.5 Å². The molecule has 5 nitrogen and oxygen atoms in total. The number of nitrogen functional groups attached to an aromatic ring is 1. The van der Waals surface area contributed by atoms with Gasteiger partial charge in [-0.1, -0.05) is 23.2 Å². The van der Waals surface area contributed by atoms with Crippen molar-refractivity contribution < 1.29 is 8.42 Å². The van der Waals surface area contributed by atoms with Gasteiger partial charge in [-0.15, -0.1) is 0 Å². The molecule has 0 spiro atoms. The molecule has 0 bridgehead atoms. The summed E-state index contributed by atoms with van der Waals surface area (Å²) in [6, 6.07) is 2.74. The van der Waals surface area contributed by atoms with Gasteiger partial charge in [0.15, 0.2) is 0 Å². The van der Waals surface area contributed by atoms with Crippen LogP contribution in [0.3, 0.4) is 0 Å². The second kappa shape index (κ2) is 7.47. The van der Waals surface area contributed by atoms with E-state index in [0.717, 1.165) is 19.4 Å². The van der Waals surface area contributed by atoms with Crippen molar-refractivity contribution >= 4 is 38.9 Å². The molecule has 0 aliphatic rings. The highest BCUT2D eigenvalue weighted by Gasteiger charge is 2.21. The van der Waals surface area contributed by atoms with Crippen LogP contribution in [0.15, 0.2) is 17.0 Å². The summed E-state index contributed by atoms with van der Waals surface area (Å²) in [7, 11) is 0.219. The summed E-state index contributed by atoms with van der Waals surface area (Å²) in [4.78, 5) is 1.92. The summed E-state index contributed by atoms with van der Waals surface area (Å²) in [5, 5.41) is 0.0478. The van der Waals surface area contributed by atoms with Crippen molar-refractivity contribution in [3.8, 4) is 0 Å². The van der Waals surface area contributed by atoms with E-state index in [-0.39, 0.29) is 14.9 Å². The lowest BCUT2D eigenvalue weighted by atomic mass is 10.3. The van der Waals surface area contributed by atoms with Gasteiger partial charge in [0, 0.05) is 12.2 Å². The molecule has 1 rings (SSSR count). The van der Waals surface area contributed by atoms with Gasteiger partial charge in [0.05, 0.1) is 10.0 Å². The van der Waals surface area contributed by atoms with Crippen LogP contribution < -0.4 is 10.5 Å². The quantitative estimate of drug-likeness (QED) is 0.589. The third kappa shape index (κ3) is 5.10. The first-order valence-electron chi connectivity index (χ1n) is 6.13. The number of anilines is 1. The molecular weight excluding hydrogens is 321 g/mol. The first-order valence-corrected chi connectivity index (χ1v) is 8.37. The number of sulfonamides is 1. The molecule has 0 aliphatic carbocycles. The third-order valence-electron chi connectivity index (χ3n) is 2.61. The molecule has 0 fully saturated rings. The van der Waals surface area contributed by atoms with Crippen molar-refractivity contribution in [1.29, 1.82) is 0 Å². The molecule has 1 aromatic rings. The highest BCUT2D eigenvalue weighted by Crippen LogP contribution is 2.31. The molecule has 20 heavy (non-hydrogen) atoms. The van der Waals surface area contributed by atoms with Gasteiger partial charge in [-0.05, 0) is 45.6 Å². The molecule has 0 radical (unpaired) electrons. The fraction of sp³-hybridized carbons (Fsp3) is 0.500. The molecule has 114 valence electrons. The minimum atomic E-state index is -3.72. The highest BCUT2D eigenvalue weighted by molar-refractivity contribution is 7.89. The van der Waals surface area contributed by atoms with E-state index < -0.39 is 10.0 Å². The largest absolute Gasteiger partial charge is 0.399 e. The van der Waals surface area contributed by atoms with Crippen LogP contribution >= 0.6 is 23.2 Å². The van der Waals surface area contributed by atoms with Gasteiger partial charge in [0.25, 0.3) is 0 Å². The van der Waals surface area contributed by atoms with Crippen molar-refractivity contribution in [1.82, 2.24) is 9.62 Å². The Balaban J connectivity index is 2.70. The molecule has 0 saturated heterocycles. The van der Waals surface area contributed by atoms with Gasteiger partial charge in [-0.3, -0.25) is 0 Å². The molecule has 0 atom stereocenters. The number of rotatable bonds is 7. The number of hydrogen-bond donors (Lipinski definition) is 2. The van der Waals surface area contributed by atoms with E-state index in [0.29, 0.717) is 12.2 Å². The van der Waals surface area contributed by atoms with Crippen LogP contribution in [0.5, 0.6) is 0 Å². The van der Waals surface area contributed by atoms with Gasteiger partial charge in [-0.2, -0.15) is 0 Å². The molecular formula is C12H19Cl2N3O2S. The van der Waals surface area contributed by atoms with E-state index in [1.165, 1.54) is 12.1 Å². The summed E-state index contributed by atoms with van der Waals surface area (Å²) >= 11 is 11.8. The number of unbranched alkanes of at least 4 members (excludes halogenated alkanes) is 1. The van der Waals surface area contributed by atoms with E-state index in [4.69, 9.17) is 28.9 Å². The summed E-state index contributed by atoms with van der Waals surface area (Å²) < 4.78 is 26.8. The number of nitrogens with two attached hydrogens (primary N) is 1. The maximum absolute atomic E-state index is 12.2. The second-order valence-electron chi connectivity index (χ2n) is 4.72. The summed E-state index contributed by atoms with van der Waals surface area (Å²) in [6.07, 6.45) is 1.64. The van der Waals surface area contributed by atoms with Crippen molar-refractivity contribution in [2.75, 3.05) is 32.9 Å². The maximum atomic E-state index is 12.2. The van der Waals surface area contributed by atoms with Crippen molar-refractivity contribution in [2.45, 2.75) is 17.7 Å². The number of halogens is 2. The van der Waals surface area contributed by atoms with Crippen LogP contribution in [0.25, 0.3) is 0 Å². The Morgan fingerprint density at radius 3 is 2.25 bits per heavy atom. The third-order valence-corrected chi connectivity index (χ3v) is 5.00. The van der Waals surface area contributed by atoms with E-state index >= 15 is 0 Å². The topological polar surface area (TPSA) is 75.4 Å². The number of nitrogens with one attached hydrogen (secondary N) is 1. The Morgan fingerprint density at radius 2 is 1.75 bits per heavy atom. The van der Waals surface area contributed by atoms with E-state index in [9.17, 15) is 8.42 Å². The molecule has 0 amide bonds. The molecule has 1 aromatic carbocycles. The van der Waals surface area contributed by atoms with E-state index in [1.54, 1.807) is 0 Å². The lowest BCUT2D eigenvalue weighted by Crippen LogP contribution is -2.26. The summed E-state index contributed by atoms with van der Waals surface area (Å²) in [6.45, 7) is 1.25. The Bertz CT molecular complexity index is 539. The van der Waals surface area contributed by atoms with Gasteiger partial charge >= 0.3 is 0 Å². The molecule has 0 aromatic heterocycles. The fourth-order valence-corrected chi connectivity index (χ4v) is 3.97. The van der Waals surface area contributed by atoms with Crippen LogP contribution in [0, 0.1) is 0 Å². The van der Waals surface area contributed by atoms with Crippen molar-refractivity contribution in [3.05, 3.63) is 22.2 Å². The molecule has 0 saturated carbocycles. The zero-order chi connectivity index (χ0) is 15.3. The van der Waals surface area contributed by atoms with Gasteiger partial charge in [-0.25, -0.2) is 13.1 Å². The van der Waals surface area contributed by atoms with Gasteiger partial charge in [0.2, 0.25) is 10.0 Å². The highest BCUT2D eigenvalue weighted by atomic mass is 35.5. The maximum Gasteiger partial charge on any atom is 0.243 e. The van der Waals surface area contributed by atoms with Gasteiger partial charge < -0.3 is 10.6 Å². The van der Waals surface area contributed by atoms with Crippen molar-refractivity contribution in [3.63, 3.8) is 0 Å². The summed E-state index contributed by atoms with van der Waals surface area (Å²) in [5.74, 6) is 0. The van der Waals surface area contributed by atoms with E-state index in [2.05, 4.69) is 4.72 Å². The monoisotopic (exact) mass is 339 g/mol. The number of benzene rings is 1. The number of nitrogens with zero attached hydrogens (tertiary/aromatic N) is 1. The average molecular weight is 340 g/mol. The predicted octanol–water partition coefficient (Wildman–Crippen LogP) is 2.20. The minimum Gasteiger partial charge on any atom is -0.399 e. The minimum absolute atomic E-state index is 0.0239. The molecule has 0 unspecified atom stereocenters. The molecule has 8 heteroatoms. The first kappa shape index (κ1) is 17.5. The zero-order valence-corrected chi connectivity index (χ0v) is 13.8. The van der Waals surface area contributed by atoms with E-state index in [1.807, 2.05) is 19.0 Å². The first-order chi connectivity index (χ1) is 9.24. The standard InChI is InChI=1S/C12H19Cl2N3O2S/c1-17(2)6-4-3-5-16-20(18,19)12-10(13)7-9(15)8-11(12)14/h7-8,16H,3-6,15H2,1-2H3. The normalized spacial score (nSPS) is 12.1. The molecule has 3 N–H and O–H groups in total.